The highest BCUT2D eigenvalue weighted by atomic mass is 35.5. The van der Waals surface area contributed by atoms with Gasteiger partial charge in [0.25, 0.3) is 5.91 Å². The van der Waals surface area contributed by atoms with Gasteiger partial charge in [-0.2, -0.15) is 13.2 Å². The van der Waals surface area contributed by atoms with Crippen LogP contribution >= 0.6 is 11.6 Å². The van der Waals surface area contributed by atoms with E-state index in [1.807, 2.05) is 0 Å². The zero-order chi connectivity index (χ0) is 21.3. The molecule has 0 fully saturated rings. The van der Waals surface area contributed by atoms with E-state index in [0.717, 1.165) is 17.0 Å². The minimum atomic E-state index is -4.65. The molecule has 2 aromatic carbocycles. The molecule has 0 unspecified atom stereocenters. The van der Waals surface area contributed by atoms with Crippen molar-refractivity contribution in [2.24, 2.45) is 7.05 Å². The summed E-state index contributed by atoms with van der Waals surface area (Å²) in [7, 11) is 3.10. The fraction of sp³-hybridized carbons (Fsp3) is 0.222. The van der Waals surface area contributed by atoms with E-state index in [2.05, 4.69) is 15.6 Å². The standard InChI is InChI=1S/C18H15ClF3N5O2/c1-26(17(29)10-3-6-14-15(7-10)27(2)25-24-14)9-16(28)23-11-4-5-13(19)12(8-11)18(20,21)22/h3-8H,9H2,1-2H3,(H,23,28). The first kappa shape index (κ1) is 20.6. The number of benzene rings is 2. The molecule has 0 bridgehead atoms. The SMILES string of the molecule is CN(CC(=O)Nc1ccc(Cl)c(C(F)(F)F)c1)C(=O)c1ccc2nnn(C)c2c1. The first-order valence-corrected chi connectivity index (χ1v) is 8.65. The molecule has 7 nitrogen and oxygen atoms in total. The molecule has 0 spiro atoms. The number of hydrogen-bond donors (Lipinski definition) is 1. The van der Waals surface area contributed by atoms with E-state index < -0.39 is 28.6 Å². The van der Waals surface area contributed by atoms with Gasteiger partial charge in [0.15, 0.2) is 0 Å². The molecule has 1 aromatic heterocycles. The highest BCUT2D eigenvalue weighted by molar-refractivity contribution is 6.31. The van der Waals surface area contributed by atoms with Gasteiger partial charge in [-0.25, -0.2) is 4.68 Å². The van der Waals surface area contributed by atoms with Crippen LogP contribution in [0.25, 0.3) is 11.0 Å². The molecule has 1 heterocycles. The van der Waals surface area contributed by atoms with Crippen molar-refractivity contribution in [2.75, 3.05) is 18.9 Å². The Morgan fingerprint density at radius 1 is 1.21 bits per heavy atom. The Balaban J connectivity index is 1.70. The number of aryl methyl sites for hydroxylation is 1. The van der Waals surface area contributed by atoms with E-state index >= 15 is 0 Å². The molecule has 3 rings (SSSR count). The van der Waals surface area contributed by atoms with Crippen molar-refractivity contribution in [3.8, 4) is 0 Å². The minimum Gasteiger partial charge on any atom is -0.332 e. The lowest BCUT2D eigenvalue weighted by Gasteiger charge is -2.17. The highest BCUT2D eigenvalue weighted by Gasteiger charge is 2.33. The maximum Gasteiger partial charge on any atom is 0.417 e. The van der Waals surface area contributed by atoms with Gasteiger partial charge >= 0.3 is 6.18 Å². The number of likely N-dealkylation sites (N-methyl/N-ethyl adjacent to an activating group) is 1. The number of carbonyl (C=O) groups excluding carboxylic acids is 2. The number of nitrogens with one attached hydrogen (secondary N) is 1. The van der Waals surface area contributed by atoms with Gasteiger partial charge in [0, 0.05) is 25.3 Å². The van der Waals surface area contributed by atoms with Gasteiger partial charge in [-0.05, 0) is 36.4 Å². The Hall–Kier alpha value is -3.14. The van der Waals surface area contributed by atoms with Crippen LogP contribution in [0.5, 0.6) is 0 Å². The third-order valence-electron chi connectivity index (χ3n) is 4.14. The van der Waals surface area contributed by atoms with Gasteiger partial charge in [-0.1, -0.05) is 16.8 Å². The van der Waals surface area contributed by atoms with Crippen LogP contribution in [-0.4, -0.2) is 45.3 Å². The predicted molar refractivity (Wildman–Crippen MR) is 101 cm³/mol. The van der Waals surface area contributed by atoms with Crippen LogP contribution in [0.15, 0.2) is 36.4 Å². The van der Waals surface area contributed by atoms with Crippen molar-refractivity contribution in [2.45, 2.75) is 6.18 Å². The van der Waals surface area contributed by atoms with E-state index in [1.54, 1.807) is 25.2 Å². The first-order valence-electron chi connectivity index (χ1n) is 8.28. The fourth-order valence-electron chi connectivity index (χ4n) is 2.69. The quantitative estimate of drug-likeness (QED) is 0.695. The molecule has 3 aromatic rings. The molecule has 0 aliphatic heterocycles. The monoisotopic (exact) mass is 425 g/mol. The van der Waals surface area contributed by atoms with Crippen molar-refractivity contribution in [3.05, 3.63) is 52.5 Å². The van der Waals surface area contributed by atoms with Crippen LogP contribution in [0.3, 0.4) is 0 Å². The summed E-state index contributed by atoms with van der Waals surface area (Å²) in [6, 6.07) is 7.83. The molecular weight excluding hydrogens is 411 g/mol. The molecular formula is C18H15ClF3N5O2. The Morgan fingerprint density at radius 3 is 2.62 bits per heavy atom. The summed E-state index contributed by atoms with van der Waals surface area (Å²) in [6.45, 7) is -0.357. The van der Waals surface area contributed by atoms with Gasteiger partial charge in [-0.3, -0.25) is 9.59 Å². The summed E-state index contributed by atoms with van der Waals surface area (Å²) >= 11 is 5.56. The van der Waals surface area contributed by atoms with Gasteiger partial charge in [-0.15, -0.1) is 5.10 Å². The molecule has 1 N–H and O–H groups in total. The Labute approximate surface area is 168 Å². The van der Waals surface area contributed by atoms with Gasteiger partial charge in [0.05, 0.1) is 22.6 Å². The fourth-order valence-corrected chi connectivity index (χ4v) is 2.92. The van der Waals surface area contributed by atoms with Crippen LogP contribution < -0.4 is 5.32 Å². The molecule has 0 atom stereocenters. The number of alkyl halides is 3. The number of hydrogen-bond acceptors (Lipinski definition) is 4. The van der Waals surface area contributed by atoms with Crippen molar-refractivity contribution < 1.29 is 22.8 Å². The molecule has 152 valence electrons. The van der Waals surface area contributed by atoms with E-state index in [1.165, 1.54) is 17.8 Å². The van der Waals surface area contributed by atoms with E-state index in [0.29, 0.717) is 16.6 Å². The Bertz CT molecular complexity index is 1100. The predicted octanol–water partition coefficient (Wildman–Crippen LogP) is 3.35. The lowest BCUT2D eigenvalue weighted by Crippen LogP contribution is -2.35. The smallest absolute Gasteiger partial charge is 0.332 e. The average Bonchev–Trinajstić information content (AvgIpc) is 3.02. The number of halogens is 4. The zero-order valence-electron chi connectivity index (χ0n) is 15.3. The third-order valence-corrected chi connectivity index (χ3v) is 4.47. The molecule has 2 amide bonds. The lowest BCUT2D eigenvalue weighted by atomic mass is 10.1. The lowest BCUT2D eigenvalue weighted by molar-refractivity contribution is -0.137. The number of carbonyl (C=O) groups is 2. The number of anilines is 1. The van der Waals surface area contributed by atoms with Crippen molar-refractivity contribution in [1.82, 2.24) is 19.9 Å². The largest absolute Gasteiger partial charge is 0.417 e. The number of nitrogens with zero attached hydrogens (tertiary/aromatic N) is 4. The summed E-state index contributed by atoms with van der Waals surface area (Å²) in [5.41, 5.74) is 0.459. The molecule has 11 heteroatoms. The van der Waals surface area contributed by atoms with Crippen molar-refractivity contribution >= 4 is 40.1 Å². The van der Waals surface area contributed by atoms with E-state index in [-0.39, 0.29) is 12.2 Å². The second kappa shape index (κ2) is 7.70. The van der Waals surface area contributed by atoms with Crippen LogP contribution in [0.2, 0.25) is 5.02 Å². The molecule has 0 aliphatic carbocycles. The summed E-state index contributed by atoms with van der Waals surface area (Å²) in [5.74, 6) is -1.09. The maximum absolute atomic E-state index is 12.9. The van der Waals surface area contributed by atoms with Gasteiger partial charge < -0.3 is 10.2 Å². The first-order chi connectivity index (χ1) is 13.6. The molecule has 0 saturated carbocycles. The van der Waals surface area contributed by atoms with Crippen LogP contribution in [0.1, 0.15) is 15.9 Å². The normalized spacial score (nSPS) is 11.5. The van der Waals surface area contributed by atoms with Crippen molar-refractivity contribution in [3.63, 3.8) is 0 Å². The number of rotatable bonds is 4. The third kappa shape index (κ3) is 4.48. The second-order valence-corrected chi connectivity index (χ2v) is 6.73. The van der Waals surface area contributed by atoms with Crippen LogP contribution in [0.4, 0.5) is 18.9 Å². The van der Waals surface area contributed by atoms with E-state index in [4.69, 9.17) is 11.6 Å². The van der Waals surface area contributed by atoms with E-state index in [9.17, 15) is 22.8 Å². The minimum absolute atomic E-state index is 0.0741. The summed E-state index contributed by atoms with van der Waals surface area (Å²) in [4.78, 5) is 25.9. The zero-order valence-corrected chi connectivity index (χ0v) is 16.0. The molecule has 0 saturated heterocycles. The molecule has 0 radical (unpaired) electrons. The summed E-state index contributed by atoms with van der Waals surface area (Å²) < 4.78 is 40.3. The van der Waals surface area contributed by atoms with Gasteiger partial charge in [0.1, 0.15) is 5.52 Å². The average molecular weight is 426 g/mol. The van der Waals surface area contributed by atoms with Gasteiger partial charge in [0.2, 0.25) is 5.91 Å². The molecule has 0 aliphatic rings. The Morgan fingerprint density at radius 2 is 1.93 bits per heavy atom. The number of amides is 2. The van der Waals surface area contributed by atoms with Crippen LogP contribution in [-0.2, 0) is 18.0 Å². The summed E-state index contributed by atoms with van der Waals surface area (Å²) in [5, 5.41) is 9.65. The second-order valence-electron chi connectivity index (χ2n) is 6.32. The maximum atomic E-state index is 12.9. The highest BCUT2D eigenvalue weighted by Crippen LogP contribution is 2.36. The summed E-state index contributed by atoms with van der Waals surface area (Å²) in [6.07, 6.45) is -4.65. The number of aromatic nitrogens is 3. The number of fused-ring (bicyclic) bond motifs is 1. The molecule has 29 heavy (non-hydrogen) atoms. The topological polar surface area (TPSA) is 80.1 Å². The van der Waals surface area contributed by atoms with Crippen molar-refractivity contribution in [1.29, 1.82) is 0 Å². The van der Waals surface area contributed by atoms with Crippen LogP contribution in [0, 0.1) is 0 Å². The Kier molecular flexibility index (Phi) is 5.47.